The molecule has 0 bridgehead atoms. The van der Waals surface area contributed by atoms with Gasteiger partial charge in [-0.2, -0.15) is 0 Å². The van der Waals surface area contributed by atoms with Gasteiger partial charge in [-0.25, -0.2) is 10.9 Å². The van der Waals surface area contributed by atoms with E-state index in [0.29, 0.717) is 6.42 Å². The molecule has 2 aromatic rings. The first-order valence-corrected chi connectivity index (χ1v) is 7.78. The number of nitrogens with one attached hydrogen (secondary N) is 3. The van der Waals surface area contributed by atoms with E-state index in [1.165, 1.54) is 0 Å². The Morgan fingerprint density at radius 3 is 2.59 bits per heavy atom. The second-order valence-electron chi connectivity index (χ2n) is 5.18. The van der Waals surface area contributed by atoms with Gasteiger partial charge in [0.05, 0.1) is 6.04 Å². The van der Waals surface area contributed by atoms with Crippen LogP contribution < -0.4 is 16.2 Å². The van der Waals surface area contributed by atoms with E-state index in [9.17, 15) is 9.90 Å². The van der Waals surface area contributed by atoms with Gasteiger partial charge in [0.2, 0.25) is 5.91 Å². The number of anilines is 1. The minimum Gasteiger partial charge on any atom is -0.508 e. The fourth-order valence-electron chi connectivity index (χ4n) is 2.48. The van der Waals surface area contributed by atoms with E-state index in [1.54, 1.807) is 12.1 Å². The molecule has 22 heavy (non-hydrogen) atoms. The van der Waals surface area contributed by atoms with Gasteiger partial charge in [-0.1, -0.05) is 34.1 Å². The second kappa shape index (κ2) is 6.48. The summed E-state index contributed by atoms with van der Waals surface area (Å²) in [7, 11) is 0. The first-order chi connectivity index (χ1) is 10.6. The van der Waals surface area contributed by atoms with E-state index in [1.807, 2.05) is 36.4 Å². The third kappa shape index (κ3) is 3.30. The molecule has 0 radical (unpaired) electrons. The molecular formula is C16H16BrN3O2. The number of hydrogen-bond acceptors (Lipinski definition) is 4. The molecule has 0 saturated carbocycles. The normalized spacial score (nSPS) is 20.8. The maximum atomic E-state index is 12.3. The number of benzene rings is 2. The lowest BCUT2D eigenvalue weighted by atomic mass is 10.0. The molecule has 5 nitrogen and oxygen atoms in total. The highest BCUT2D eigenvalue weighted by molar-refractivity contribution is 9.10. The number of carbonyl (C=O) groups excluding carboxylic acids is 1. The topological polar surface area (TPSA) is 73.4 Å². The Morgan fingerprint density at radius 2 is 1.86 bits per heavy atom. The number of aromatic hydroxyl groups is 1. The van der Waals surface area contributed by atoms with E-state index < -0.39 is 0 Å². The molecule has 6 heteroatoms. The summed E-state index contributed by atoms with van der Waals surface area (Å²) in [5.74, 6) is 0.128. The van der Waals surface area contributed by atoms with Crippen molar-refractivity contribution in [3.63, 3.8) is 0 Å². The number of amides is 1. The van der Waals surface area contributed by atoms with Gasteiger partial charge in [0, 0.05) is 15.7 Å². The highest BCUT2D eigenvalue weighted by Crippen LogP contribution is 2.29. The summed E-state index contributed by atoms with van der Waals surface area (Å²) < 4.78 is 0.964. The molecule has 1 aliphatic heterocycles. The Kier molecular flexibility index (Phi) is 4.42. The number of rotatable bonds is 3. The summed E-state index contributed by atoms with van der Waals surface area (Å²) in [6, 6.07) is 14.1. The lowest BCUT2D eigenvalue weighted by Gasteiger charge is -2.11. The summed E-state index contributed by atoms with van der Waals surface area (Å²) in [5, 5.41) is 12.8. The fourth-order valence-corrected chi connectivity index (χ4v) is 2.74. The smallest absolute Gasteiger partial charge is 0.242 e. The Morgan fingerprint density at radius 1 is 1.14 bits per heavy atom. The van der Waals surface area contributed by atoms with Gasteiger partial charge in [0.25, 0.3) is 0 Å². The first kappa shape index (κ1) is 15.0. The number of phenolic OH excluding ortho intramolecular Hbond substituents is 1. The number of halogens is 1. The lowest BCUT2D eigenvalue weighted by Crippen LogP contribution is -2.39. The van der Waals surface area contributed by atoms with E-state index in [-0.39, 0.29) is 23.7 Å². The molecule has 2 aromatic carbocycles. The van der Waals surface area contributed by atoms with Crippen LogP contribution in [-0.4, -0.2) is 17.1 Å². The molecule has 2 unspecified atom stereocenters. The highest BCUT2D eigenvalue weighted by Gasteiger charge is 2.31. The van der Waals surface area contributed by atoms with Crippen molar-refractivity contribution in [1.29, 1.82) is 0 Å². The number of para-hydroxylation sites is 1. The molecule has 0 aliphatic carbocycles. The zero-order chi connectivity index (χ0) is 15.5. The van der Waals surface area contributed by atoms with Crippen LogP contribution in [0.3, 0.4) is 0 Å². The molecule has 1 amide bonds. The summed E-state index contributed by atoms with van der Waals surface area (Å²) in [5.41, 5.74) is 7.58. The predicted octanol–water partition coefficient (Wildman–Crippen LogP) is 2.70. The van der Waals surface area contributed by atoms with Gasteiger partial charge < -0.3 is 10.4 Å². The minimum absolute atomic E-state index is 0.0955. The minimum atomic E-state index is -0.353. The van der Waals surface area contributed by atoms with E-state index in [4.69, 9.17) is 0 Å². The van der Waals surface area contributed by atoms with Gasteiger partial charge in [-0.3, -0.25) is 4.79 Å². The second-order valence-corrected chi connectivity index (χ2v) is 6.10. The number of hydrazine groups is 1. The van der Waals surface area contributed by atoms with Crippen LogP contribution in [0.25, 0.3) is 0 Å². The molecule has 3 rings (SSSR count). The van der Waals surface area contributed by atoms with Crippen molar-refractivity contribution < 1.29 is 9.90 Å². The van der Waals surface area contributed by atoms with Crippen LogP contribution in [0.4, 0.5) is 5.69 Å². The van der Waals surface area contributed by atoms with E-state index >= 15 is 0 Å². The maximum absolute atomic E-state index is 12.3. The van der Waals surface area contributed by atoms with Crippen LogP contribution in [0.1, 0.15) is 18.0 Å². The predicted molar refractivity (Wildman–Crippen MR) is 88.3 cm³/mol. The molecule has 4 N–H and O–H groups in total. The van der Waals surface area contributed by atoms with Crippen LogP contribution in [0.15, 0.2) is 53.0 Å². The summed E-state index contributed by atoms with van der Waals surface area (Å²) in [6.07, 6.45) is 0.569. The molecule has 0 spiro atoms. The fraction of sp³-hybridized carbons (Fsp3) is 0.188. The van der Waals surface area contributed by atoms with Crippen molar-refractivity contribution in [2.45, 2.75) is 18.5 Å². The molecule has 0 aromatic heterocycles. The summed E-state index contributed by atoms with van der Waals surface area (Å²) in [6.45, 7) is 0. The quantitative estimate of drug-likeness (QED) is 0.678. The number of hydrogen-bond donors (Lipinski definition) is 4. The van der Waals surface area contributed by atoms with Crippen molar-refractivity contribution in [3.05, 3.63) is 58.6 Å². The van der Waals surface area contributed by atoms with Crippen LogP contribution in [0, 0.1) is 0 Å². The number of carbonyl (C=O) groups is 1. The molecule has 1 aliphatic rings. The third-order valence-electron chi connectivity index (χ3n) is 3.64. The molecule has 1 heterocycles. The Balaban J connectivity index is 1.64. The van der Waals surface area contributed by atoms with Gasteiger partial charge in [-0.05, 0) is 36.8 Å². The Hall–Kier alpha value is -1.89. The van der Waals surface area contributed by atoms with Crippen molar-refractivity contribution >= 4 is 27.5 Å². The van der Waals surface area contributed by atoms with Crippen molar-refractivity contribution in [2.75, 3.05) is 5.32 Å². The molecule has 114 valence electrons. The van der Waals surface area contributed by atoms with Crippen molar-refractivity contribution in [3.8, 4) is 5.75 Å². The van der Waals surface area contributed by atoms with Gasteiger partial charge >= 0.3 is 0 Å². The third-order valence-corrected chi connectivity index (χ3v) is 4.17. The Bertz CT molecular complexity index is 675. The van der Waals surface area contributed by atoms with Gasteiger partial charge in [0.15, 0.2) is 0 Å². The maximum Gasteiger partial charge on any atom is 0.242 e. The lowest BCUT2D eigenvalue weighted by molar-refractivity contribution is -0.117. The van der Waals surface area contributed by atoms with E-state index in [0.717, 1.165) is 15.7 Å². The van der Waals surface area contributed by atoms with Gasteiger partial charge in [-0.15, -0.1) is 0 Å². The first-order valence-electron chi connectivity index (χ1n) is 6.99. The van der Waals surface area contributed by atoms with Crippen LogP contribution in [0.5, 0.6) is 5.75 Å². The molecule has 2 atom stereocenters. The van der Waals surface area contributed by atoms with Crippen LogP contribution in [-0.2, 0) is 4.79 Å². The van der Waals surface area contributed by atoms with Crippen molar-refractivity contribution in [2.24, 2.45) is 0 Å². The Labute approximate surface area is 136 Å². The van der Waals surface area contributed by atoms with Crippen LogP contribution >= 0.6 is 15.9 Å². The van der Waals surface area contributed by atoms with Crippen LogP contribution in [0.2, 0.25) is 0 Å². The van der Waals surface area contributed by atoms with Gasteiger partial charge in [0.1, 0.15) is 11.8 Å². The van der Waals surface area contributed by atoms with Crippen molar-refractivity contribution in [1.82, 2.24) is 10.9 Å². The largest absolute Gasteiger partial charge is 0.508 e. The standard InChI is InChI=1S/C16H16BrN3O2/c17-10-5-7-11(8-6-10)18-16(22)14-9-13(19-20-14)12-3-1-2-4-15(12)21/h1-8,13-14,19-21H,9H2,(H,18,22). The summed E-state index contributed by atoms with van der Waals surface area (Å²) in [4.78, 5) is 12.3. The average Bonchev–Trinajstić information content (AvgIpc) is 3.00. The SMILES string of the molecule is O=C(Nc1ccc(Br)cc1)C1CC(c2ccccc2O)NN1. The van der Waals surface area contributed by atoms with E-state index in [2.05, 4.69) is 32.1 Å². The number of phenols is 1. The highest BCUT2D eigenvalue weighted by atomic mass is 79.9. The molecular weight excluding hydrogens is 346 g/mol. The molecule has 1 fully saturated rings. The summed E-state index contributed by atoms with van der Waals surface area (Å²) >= 11 is 3.36. The molecule has 1 saturated heterocycles. The zero-order valence-electron chi connectivity index (χ0n) is 11.7. The zero-order valence-corrected chi connectivity index (χ0v) is 13.3. The average molecular weight is 362 g/mol. The monoisotopic (exact) mass is 361 g/mol.